The smallest absolute Gasteiger partial charge is 0.268 e. The molecule has 0 aliphatic carbocycles. The Kier molecular flexibility index (Phi) is 5.98. The minimum atomic E-state index is -3.86. The molecule has 0 spiro atoms. The van der Waals surface area contributed by atoms with E-state index in [2.05, 4.69) is 9.82 Å². The summed E-state index contributed by atoms with van der Waals surface area (Å²) in [7, 11) is -3.86. The fourth-order valence-corrected chi connectivity index (χ4v) is 6.09. The van der Waals surface area contributed by atoms with E-state index in [4.69, 9.17) is 4.74 Å². The average molecular weight is 491 g/mol. The third kappa shape index (κ3) is 4.25. The van der Waals surface area contributed by atoms with Crippen LogP contribution in [0.5, 0.6) is 0 Å². The lowest BCUT2D eigenvalue weighted by atomic mass is 10.0. The topological polar surface area (TPSA) is 93.0 Å². The Morgan fingerprint density at radius 3 is 2.71 bits per heavy atom. The summed E-state index contributed by atoms with van der Waals surface area (Å²) in [5.41, 5.74) is 1.53. The first-order chi connectivity index (χ1) is 16.3. The van der Waals surface area contributed by atoms with E-state index in [0.717, 1.165) is 18.6 Å². The van der Waals surface area contributed by atoms with Crippen LogP contribution >= 0.6 is 0 Å². The molecule has 1 unspecified atom stereocenters. The molecule has 8 nitrogen and oxygen atoms in total. The number of rotatable bonds is 5. The number of fused-ring (bicyclic) bond motifs is 1. The number of hydrogen-bond acceptors (Lipinski definition) is 6. The van der Waals surface area contributed by atoms with Gasteiger partial charge in [0.05, 0.1) is 28.6 Å². The van der Waals surface area contributed by atoms with Crippen LogP contribution in [0.25, 0.3) is 5.52 Å². The molecule has 2 aromatic heterocycles. The Labute approximate surface area is 195 Å². The van der Waals surface area contributed by atoms with Crippen LogP contribution in [0.3, 0.4) is 0 Å². The van der Waals surface area contributed by atoms with Crippen molar-refractivity contribution in [2.24, 2.45) is 0 Å². The SMILES string of the molecule is O=C(NS(=O)(=O)C1CCOCC1)c1cnn2ccc(N3CCCC3c3cc(F)ccc3F)cc12. The van der Waals surface area contributed by atoms with Crippen LogP contribution in [0, 0.1) is 11.6 Å². The maximum Gasteiger partial charge on any atom is 0.268 e. The number of carbonyl (C=O) groups excluding carboxylic acids is 1. The van der Waals surface area contributed by atoms with Gasteiger partial charge in [0.1, 0.15) is 11.6 Å². The minimum absolute atomic E-state index is 0.116. The first kappa shape index (κ1) is 22.7. The Morgan fingerprint density at radius 2 is 1.91 bits per heavy atom. The van der Waals surface area contributed by atoms with E-state index in [1.165, 1.54) is 16.8 Å². The van der Waals surface area contributed by atoms with E-state index in [0.29, 0.717) is 50.2 Å². The van der Waals surface area contributed by atoms with Gasteiger partial charge >= 0.3 is 0 Å². The maximum absolute atomic E-state index is 14.5. The number of hydrogen-bond donors (Lipinski definition) is 1. The number of nitrogens with one attached hydrogen (secondary N) is 1. The Balaban J connectivity index is 1.44. The molecular weight excluding hydrogens is 466 g/mol. The van der Waals surface area contributed by atoms with Crippen LogP contribution < -0.4 is 9.62 Å². The normalized spacial score (nSPS) is 19.6. The highest BCUT2D eigenvalue weighted by molar-refractivity contribution is 7.90. The second-order valence-corrected chi connectivity index (χ2v) is 10.5. The Hall–Kier alpha value is -3.05. The lowest BCUT2D eigenvalue weighted by Gasteiger charge is -2.27. The first-order valence-corrected chi connectivity index (χ1v) is 12.7. The number of ether oxygens (including phenoxy) is 1. The molecule has 34 heavy (non-hydrogen) atoms. The standard InChI is InChI=1S/C23H24F2N4O4S/c24-15-3-4-20(25)18(12-15)21-2-1-8-28(21)16-5-9-29-22(13-16)19(14-26-29)23(30)27-34(31,32)17-6-10-33-11-7-17/h3-5,9,12-14,17,21H,1-2,6-8,10-11H2,(H,27,30). The summed E-state index contributed by atoms with van der Waals surface area (Å²) in [6.07, 6.45) is 5.08. The third-order valence-electron chi connectivity index (χ3n) is 6.49. The van der Waals surface area contributed by atoms with Crippen molar-refractivity contribution in [1.82, 2.24) is 14.3 Å². The first-order valence-electron chi connectivity index (χ1n) is 11.2. The maximum atomic E-state index is 14.5. The molecule has 2 fully saturated rings. The van der Waals surface area contributed by atoms with E-state index in [9.17, 15) is 22.0 Å². The van der Waals surface area contributed by atoms with Crippen LogP contribution in [0.2, 0.25) is 0 Å². The molecule has 5 rings (SSSR count). The van der Waals surface area contributed by atoms with Crippen molar-refractivity contribution in [3.63, 3.8) is 0 Å². The van der Waals surface area contributed by atoms with Gasteiger partial charge in [-0.1, -0.05) is 0 Å². The number of benzene rings is 1. The van der Waals surface area contributed by atoms with Gasteiger partial charge in [-0.25, -0.2) is 26.4 Å². The van der Waals surface area contributed by atoms with Gasteiger partial charge in [-0.3, -0.25) is 4.79 Å². The predicted molar refractivity (Wildman–Crippen MR) is 121 cm³/mol. The summed E-state index contributed by atoms with van der Waals surface area (Å²) < 4.78 is 62.5. The van der Waals surface area contributed by atoms with Crippen LogP contribution in [0.4, 0.5) is 14.5 Å². The summed E-state index contributed by atoms with van der Waals surface area (Å²) in [6, 6.07) is 6.59. The van der Waals surface area contributed by atoms with Gasteiger partial charge in [-0.05, 0) is 56.0 Å². The number of aromatic nitrogens is 2. The largest absolute Gasteiger partial charge is 0.381 e. The number of carbonyl (C=O) groups is 1. The van der Waals surface area contributed by atoms with Crippen molar-refractivity contribution in [2.45, 2.75) is 37.0 Å². The lowest BCUT2D eigenvalue weighted by Crippen LogP contribution is -2.41. The zero-order valence-corrected chi connectivity index (χ0v) is 19.1. The van der Waals surface area contributed by atoms with Gasteiger partial charge in [-0.15, -0.1) is 0 Å². The van der Waals surface area contributed by atoms with Crippen LogP contribution in [-0.4, -0.2) is 48.9 Å². The van der Waals surface area contributed by atoms with Crippen LogP contribution in [0.15, 0.2) is 42.7 Å². The van der Waals surface area contributed by atoms with E-state index >= 15 is 0 Å². The summed E-state index contributed by atoms with van der Waals surface area (Å²) >= 11 is 0. The molecule has 180 valence electrons. The molecule has 0 saturated carbocycles. The molecule has 11 heteroatoms. The van der Waals surface area contributed by atoms with Gasteiger partial charge in [-0.2, -0.15) is 5.10 Å². The number of amides is 1. The van der Waals surface area contributed by atoms with Gasteiger partial charge in [0.2, 0.25) is 10.0 Å². The number of pyridine rings is 1. The molecule has 1 N–H and O–H groups in total. The molecule has 1 aromatic carbocycles. The van der Waals surface area contributed by atoms with Crippen LogP contribution in [0.1, 0.15) is 47.6 Å². The fraction of sp³-hybridized carbons (Fsp3) is 0.391. The molecule has 0 radical (unpaired) electrons. The molecule has 2 aliphatic rings. The van der Waals surface area contributed by atoms with Crippen molar-refractivity contribution >= 4 is 27.1 Å². The van der Waals surface area contributed by atoms with Crippen molar-refractivity contribution in [2.75, 3.05) is 24.7 Å². The van der Waals surface area contributed by atoms with Crippen molar-refractivity contribution in [3.8, 4) is 0 Å². The second-order valence-electron chi connectivity index (χ2n) is 8.58. The molecule has 4 heterocycles. The molecule has 1 amide bonds. The molecule has 2 saturated heterocycles. The van der Waals surface area contributed by atoms with E-state index < -0.39 is 32.8 Å². The number of halogens is 2. The summed E-state index contributed by atoms with van der Waals surface area (Å²) in [4.78, 5) is 14.9. The Bertz CT molecular complexity index is 1340. The number of sulfonamides is 1. The van der Waals surface area contributed by atoms with Crippen molar-refractivity contribution in [1.29, 1.82) is 0 Å². The average Bonchev–Trinajstić information content (AvgIpc) is 3.48. The quantitative estimate of drug-likeness (QED) is 0.591. The van der Waals surface area contributed by atoms with Crippen molar-refractivity contribution < 1.29 is 26.7 Å². The number of nitrogens with zero attached hydrogens (tertiary/aromatic N) is 3. The minimum Gasteiger partial charge on any atom is -0.381 e. The summed E-state index contributed by atoms with van der Waals surface area (Å²) in [6.45, 7) is 1.30. The molecular formula is C23H24F2N4O4S. The zero-order chi connectivity index (χ0) is 23.9. The highest BCUT2D eigenvalue weighted by Gasteiger charge is 2.32. The van der Waals surface area contributed by atoms with E-state index in [1.54, 1.807) is 18.3 Å². The molecule has 3 aromatic rings. The highest BCUT2D eigenvalue weighted by atomic mass is 32.2. The summed E-state index contributed by atoms with van der Waals surface area (Å²) in [5, 5.41) is 3.48. The fourth-order valence-electron chi connectivity index (χ4n) is 4.75. The van der Waals surface area contributed by atoms with E-state index in [1.807, 2.05) is 4.90 Å². The highest BCUT2D eigenvalue weighted by Crippen LogP contribution is 2.38. The number of anilines is 1. The van der Waals surface area contributed by atoms with Gasteiger partial charge < -0.3 is 9.64 Å². The second kappa shape index (κ2) is 8.95. The molecule has 0 bridgehead atoms. The zero-order valence-electron chi connectivity index (χ0n) is 18.3. The van der Waals surface area contributed by atoms with Gasteiger partial charge in [0, 0.05) is 37.2 Å². The Morgan fingerprint density at radius 1 is 1.12 bits per heavy atom. The van der Waals surface area contributed by atoms with E-state index in [-0.39, 0.29) is 17.2 Å². The monoisotopic (exact) mass is 490 g/mol. The molecule has 2 aliphatic heterocycles. The molecule has 1 atom stereocenters. The third-order valence-corrected chi connectivity index (χ3v) is 8.31. The predicted octanol–water partition coefficient (Wildman–Crippen LogP) is 3.19. The lowest BCUT2D eigenvalue weighted by molar-refractivity contribution is 0.0951. The van der Waals surface area contributed by atoms with Gasteiger partial charge in [0.15, 0.2) is 0 Å². The van der Waals surface area contributed by atoms with Crippen LogP contribution in [-0.2, 0) is 14.8 Å². The van der Waals surface area contributed by atoms with Gasteiger partial charge in [0.25, 0.3) is 5.91 Å². The van der Waals surface area contributed by atoms with Crippen molar-refractivity contribution in [3.05, 3.63) is 65.5 Å². The summed E-state index contributed by atoms with van der Waals surface area (Å²) in [5.74, 6) is -1.73.